The van der Waals surface area contributed by atoms with E-state index in [4.69, 9.17) is 0 Å². The Morgan fingerprint density at radius 2 is 0.957 bits per heavy atom. The summed E-state index contributed by atoms with van der Waals surface area (Å²) in [5.74, 6) is 1.75. The maximum atomic E-state index is 4.38. The molecule has 2 saturated heterocycles. The highest BCUT2D eigenvalue weighted by Crippen LogP contribution is 2.42. The third-order valence-corrected chi connectivity index (χ3v) is 5.32. The van der Waals surface area contributed by atoms with Crippen molar-refractivity contribution >= 4 is 11.9 Å². The van der Waals surface area contributed by atoms with Crippen molar-refractivity contribution in [3.8, 4) is 0 Å². The van der Waals surface area contributed by atoms with Crippen LogP contribution in [0.25, 0.3) is 0 Å². The minimum Gasteiger partial charge on any atom is -0.341 e. The van der Waals surface area contributed by atoms with Crippen LogP contribution in [0.1, 0.15) is 25.7 Å². The van der Waals surface area contributed by atoms with Crippen molar-refractivity contribution in [3.05, 3.63) is 36.9 Å². The van der Waals surface area contributed by atoms with Gasteiger partial charge in [0.15, 0.2) is 0 Å². The minimum absolute atomic E-state index is 0.483. The second-order valence-corrected chi connectivity index (χ2v) is 6.57. The molecule has 0 N–H and O–H groups in total. The molecular weight excluding hydrogens is 288 g/mol. The first kappa shape index (κ1) is 14.4. The van der Waals surface area contributed by atoms with Crippen LogP contribution in [0.2, 0.25) is 0 Å². The summed E-state index contributed by atoms with van der Waals surface area (Å²) in [4.78, 5) is 22.1. The first-order chi connectivity index (χ1) is 11.3. The molecule has 120 valence electrons. The standard InChI is InChI=1S/C17H22N6/c1-7-18-15(19-8-1)22-11-3-17(4-12-22)5-13-23(14-6-17)16-20-9-2-10-21-16/h1-2,7-10H,3-6,11-14H2. The second kappa shape index (κ2) is 6.10. The molecule has 4 rings (SSSR count). The van der Waals surface area contributed by atoms with Crippen LogP contribution in [0.4, 0.5) is 11.9 Å². The topological polar surface area (TPSA) is 58.0 Å². The van der Waals surface area contributed by atoms with Crippen LogP contribution in [0.3, 0.4) is 0 Å². The van der Waals surface area contributed by atoms with E-state index in [1.54, 1.807) is 0 Å². The Kier molecular flexibility index (Phi) is 3.81. The summed E-state index contributed by atoms with van der Waals surface area (Å²) in [6.07, 6.45) is 12.2. The Morgan fingerprint density at radius 3 is 1.30 bits per heavy atom. The monoisotopic (exact) mass is 310 g/mol. The van der Waals surface area contributed by atoms with Gasteiger partial charge in [0, 0.05) is 51.0 Å². The molecule has 0 atom stereocenters. The van der Waals surface area contributed by atoms with Crippen molar-refractivity contribution in [3.63, 3.8) is 0 Å². The van der Waals surface area contributed by atoms with Crippen LogP contribution in [-0.2, 0) is 0 Å². The molecule has 0 aliphatic carbocycles. The van der Waals surface area contributed by atoms with E-state index in [-0.39, 0.29) is 0 Å². The number of anilines is 2. The number of nitrogens with zero attached hydrogens (tertiary/aromatic N) is 6. The highest BCUT2D eigenvalue weighted by molar-refractivity contribution is 5.32. The van der Waals surface area contributed by atoms with Crippen LogP contribution in [0.15, 0.2) is 36.9 Å². The average molecular weight is 310 g/mol. The lowest BCUT2D eigenvalue weighted by Gasteiger charge is -2.46. The molecule has 6 nitrogen and oxygen atoms in total. The van der Waals surface area contributed by atoms with Crippen molar-refractivity contribution in [1.82, 2.24) is 19.9 Å². The lowest BCUT2D eigenvalue weighted by molar-refractivity contribution is 0.165. The summed E-state index contributed by atoms with van der Waals surface area (Å²) in [5, 5.41) is 0. The van der Waals surface area contributed by atoms with Gasteiger partial charge in [0.25, 0.3) is 0 Å². The molecule has 2 aliphatic heterocycles. The van der Waals surface area contributed by atoms with E-state index >= 15 is 0 Å². The van der Waals surface area contributed by atoms with Crippen molar-refractivity contribution in [1.29, 1.82) is 0 Å². The van der Waals surface area contributed by atoms with Crippen LogP contribution < -0.4 is 9.80 Å². The number of rotatable bonds is 2. The lowest BCUT2D eigenvalue weighted by Crippen LogP contribution is -2.47. The molecule has 1 spiro atoms. The molecule has 2 aliphatic rings. The average Bonchev–Trinajstić information content (AvgIpc) is 2.65. The third-order valence-electron chi connectivity index (χ3n) is 5.32. The Bertz CT molecular complexity index is 555. The smallest absolute Gasteiger partial charge is 0.225 e. The van der Waals surface area contributed by atoms with Crippen LogP contribution in [0, 0.1) is 5.41 Å². The normalized spacial score (nSPS) is 20.7. The molecule has 0 aromatic carbocycles. The molecule has 2 aromatic rings. The van der Waals surface area contributed by atoms with Gasteiger partial charge < -0.3 is 9.80 Å². The molecule has 0 bridgehead atoms. The van der Waals surface area contributed by atoms with Crippen molar-refractivity contribution in [2.75, 3.05) is 36.0 Å². The SMILES string of the molecule is c1cnc(N2CCC3(CC2)CCN(c2ncccn2)CC3)nc1. The van der Waals surface area contributed by atoms with Gasteiger partial charge >= 0.3 is 0 Å². The molecule has 0 unspecified atom stereocenters. The van der Waals surface area contributed by atoms with Gasteiger partial charge in [-0.25, -0.2) is 19.9 Å². The minimum atomic E-state index is 0.483. The summed E-state index contributed by atoms with van der Waals surface area (Å²) in [7, 11) is 0. The third kappa shape index (κ3) is 2.98. The van der Waals surface area contributed by atoms with Crippen LogP contribution >= 0.6 is 0 Å². The van der Waals surface area contributed by atoms with Gasteiger partial charge in [-0.3, -0.25) is 0 Å². The quantitative estimate of drug-likeness (QED) is 0.847. The first-order valence-electron chi connectivity index (χ1n) is 8.39. The largest absolute Gasteiger partial charge is 0.341 e. The van der Waals surface area contributed by atoms with Crippen molar-refractivity contribution in [2.24, 2.45) is 5.41 Å². The summed E-state index contributed by atoms with van der Waals surface area (Å²) in [6, 6.07) is 3.74. The zero-order chi connectivity index (χ0) is 15.5. The van der Waals surface area contributed by atoms with E-state index in [9.17, 15) is 0 Å². The van der Waals surface area contributed by atoms with Crippen LogP contribution in [0.5, 0.6) is 0 Å². The second-order valence-electron chi connectivity index (χ2n) is 6.57. The fourth-order valence-corrected chi connectivity index (χ4v) is 3.77. The highest BCUT2D eigenvalue weighted by Gasteiger charge is 2.38. The molecule has 0 amide bonds. The predicted molar refractivity (Wildman–Crippen MR) is 89.4 cm³/mol. The predicted octanol–water partition coefficient (Wildman–Crippen LogP) is 2.15. The Morgan fingerprint density at radius 1 is 0.609 bits per heavy atom. The van der Waals surface area contributed by atoms with Crippen LogP contribution in [-0.4, -0.2) is 46.1 Å². The van der Waals surface area contributed by atoms with E-state index in [1.807, 2.05) is 36.9 Å². The van der Waals surface area contributed by atoms with Crippen molar-refractivity contribution in [2.45, 2.75) is 25.7 Å². The maximum Gasteiger partial charge on any atom is 0.225 e. The molecule has 23 heavy (non-hydrogen) atoms. The highest BCUT2D eigenvalue weighted by atomic mass is 15.3. The molecule has 4 heterocycles. The number of aromatic nitrogens is 4. The lowest BCUT2D eigenvalue weighted by atomic mass is 9.71. The molecule has 6 heteroatoms. The van der Waals surface area contributed by atoms with Gasteiger partial charge in [-0.15, -0.1) is 0 Å². The van der Waals surface area contributed by atoms with Gasteiger partial charge in [-0.05, 0) is 43.2 Å². The first-order valence-corrected chi connectivity index (χ1v) is 8.39. The summed E-state index contributed by atoms with van der Waals surface area (Å²) >= 11 is 0. The summed E-state index contributed by atoms with van der Waals surface area (Å²) in [6.45, 7) is 4.25. The Hall–Kier alpha value is -2.24. The molecule has 2 aromatic heterocycles. The number of piperidine rings is 2. The van der Waals surface area contributed by atoms with Gasteiger partial charge in [0.2, 0.25) is 11.9 Å². The van der Waals surface area contributed by atoms with Gasteiger partial charge in [-0.1, -0.05) is 0 Å². The van der Waals surface area contributed by atoms with Gasteiger partial charge in [0.1, 0.15) is 0 Å². The van der Waals surface area contributed by atoms with E-state index in [0.29, 0.717) is 5.41 Å². The summed E-state index contributed by atoms with van der Waals surface area (Å²) < 4.78 is 0. The Labute approximate surface area is 136 Å². The molecular formula is C17H22N6. The Balaban J connectivity index is 1.36. The van der Waals surface area contributed by atoms with E-state index in [2.05, 4.69) is 29.7 Å². The molecule has 0 saturated carbocycles. The van der Waals surface area contributed by atoms with E-state index in [1.165, 1.54) is 25.7 Å². The number of hydrogen-bond donors (Lipinski definition) is 0. The van der Waals surface area contributed by atoms with Crippen molar-refractivity contribution < 1.29 is 0 Å². The van der Waals surface area contributed by atoms with E-state index < -0.39 is 0 Å². The van der Waals surface area contributed by atoms with E-state index in [0.717, 1.165) is 38.1 Å². The van der Waals surface area contributed by atoms with Gasteiger partial charge in [-0.2, -0.15) is 0 Å². The zero-order valence-electron chi connectivity index (χ0n) is 13.3. The fraction of sp³-hybridized carbons (Fsp3) is 0.529. The fourth-order valence-electron chi connectivity index (χ4n) is 3.77. The zero-order valence-corrected chi connectivity index (χ0v) is 13.3. The molecule has 0 radical (unpaired) electrons. The maximum absolute atomic E-state index is 4.38. The molecule has 2 fully saturated rings. The number of hydrogen-bond acceptors (Lipinski definition) is 6. The summed E-state index contributed by atoms with van der Waals surface area (Å²) in [5.41, 5.74) is 0.483. The van der Waals surface area contributed by atoms with Gasteiger partial charge in [0.05, 0.1) is 0 Å².